The van der Waals surface area contributed by atoms with Crippen LogP contribution in [0.25, 0.3) is 22.8 Å². The number of halogens is 2. The number of hydrogen-bond acceptors (Lipinski definition) is 11. The van der Waals surface area contributed by atoms with Gasteiger partial charge in [0.15, 0.2) is 12.3 Å². The van der Waals surface area contributed by atoms with E-state index in [0.717, 1.165) is 11.6 Å². The molecule has 4 rings (SSSR count). The van der Waals surface area contributed by atoms with E-state index in [0.29, 0.717) is 30.3 Å². The number of benzene rings is 2. The van der Waals surface area contributed by atoms with Crippen LogP contribution in [0, 0.1) is 5.82 Å². The Morgan fingerprint density at radius 3 is 2.19 bits per heavy atom. The normalized spacial score (nSPS) is 12.4. The Bertz CT molecular complexity index is 1490. The van der Waals surface area contributed by atoms with Crippen molar-refractivity contribution in [2.24, 2.45) is 5.73 Å². The molecule has 0 aliphatic carbocycles. The molecule has 0 bridgehead atoms. The van der Waals surface area contributed by atoms with Crippen LogP contribution in [-0.4, -0.2) is 44.9 Å². The zero-order valence-electron chi connectivity index (χ0n) is 23.5. The van der Waals surface area contributed by atoms with E-state index in [2.05, 4.69) is 25.6 Å². The molecule has 4 aromatic rings. The summed E-state index contributed by atoms with van der Waals surface area (Å²) in [7, 11) is 0. The molecular weight excluding hydrogens is 571 g/mol. The summed E-state index contributed by atoms with van der Waals surface area (Å²) < 4.78 is 36.4. The van der Waals surface area contributed by atoms with E-state index < -0.39 is 30.0 Å². The third kappa shape index (κ3) is 7.68. The molecule has 2 heterocycles. The number of esters is 1. The van der Waals surface area contributed by atoms with E-state index in [9.17, 15) is 14.0 Å². The SMILES string of the molecule is CCCOC(=O)[C@H](N)NC(=O)c1ccc(-c2noc(C(CC)Oc3ccc(-c4noc(C(C)C)n4)cc3)n2)cc1F.Cl. The predicted octanol–water partition coefficient (Wildman–Crippen LogP) is 4.97. The van der Waals surface area contributed by atoms with Crippen molar-refractivity contribution in [1.82, 2.24) is 25.6 Å². The van der Waals surface area contributed by atoms with Gasteiger partial charge in [0.2, 0.25) is 17.5 Å². The van der Waals surface area contributed by atoms with Gasteiger partial charge in [-0.1, -0.05) is 44.1 Å². The molecule has 12 nitrogen and oxygen atoms in total. The molecule has 2 aromatic heterocycles. The summed E-state index contributed by atoms with van der Waals surface area (Å²) in [5, 5.41) is 10.2. The molecule has 0 saturated carbocycles. The lowest BCUT2D eigenvalue weighted by Gasteiger charge is -2.13. The van der Waals surface area contributed by atoms with Crippen LogP contribution in [0.3, 0.4) is 0 Å². The van der Waals surface area contributed by atoms with Gasteiger partial charge in [-0.15, -0.1) is 12.4 Å². The highest BCUT2D eigenvalue weighted by Crippen LogP contribution is 2.28. The summed E-state index contributed by atoms with van der Waals surface area (Å²) in [5.41, 5.74) is 6.37. The van der Waals surface area contributed by atoms with E-state index in [1.807, 2.05) is 39.8 Å². The second kappa shape index (κ2) is 14.5. The van der Waals surface area contributed by atoms with E-state index in [1.165, 1.54) is 12.1 Å². The molecule has 3 N–H and O–H groups in total. The van der Waals surface area contributed by atoms with Crippen LogP contribution < -0.4 is 15.8 Å². The summed E-state index contributed by atoms with van der Waals surface area (Å²) in [6.07, 6.45) is -0.878. The second-order valence-electron chi connectivity index (χ2n) is 9.42. The van der Waals surface area contributed by atoms with Gasteiger partial charge >= 0.3 is 5.97 Å². The third-order valence-corrected chi connectivity index (χ3v) is 5.88. The molecule has 0 radical (unpaired) electrons. The second-order valence-corrected chi connectivity index (χ2v) is 9.42. The van der Waals surface area contributed by atoms with Crippen LogP contribution in [0.2, 0.25) is 0 Å². The maximum Gasteiger partial charge on any atom is 0.343 e. The first kappa shape index (κ1) is 32.2. The smallest absolute Gasteiger partial charge is 0.343 e. The van der Waals surface area contributed by atoms with Gasteiger partial charge < -0.3 is 29.6 Å². The highest BCUT2D eigenvalue weighted by atomic mass is 35.5. The first-order valence-corrected chi connectivity index (χ1v) is 13.2. The third-order valence-electron chi connectivity index (χ3n) is 5.88. The van der Waals surface area contributed by atoms with Crippen LogP contribution in [0.4, 0.5) is 4.39 Å². The van der Waals surface area contributed by atoms with Gasteiger partial charge in [-0.05, 0) is 49.2 Å². The van der Waals surface area contributed by atoms with Crippen molar-refractivity contribution in [3.63, 3.8) is 0 Å². The van der Waals surface area contributed by atoms with Crippen LogP contribution in [-0.2, 0) is 9.53 Å². The fourth-order valence-corrected chi connectivity index (χ4v) is 3.63. The van der Waals surface area contributed by atoms with Crippen molar-refractivity contribution in [2.45, 2.75) is 58.7 Å². The Labute approximate surface area is 247 Å². The minimum atomic E-state index is -1.42. The maximum atomic E-state index is 14.8. The van der Waals surface area contributed by atoms with Crippen molar-refractivity contribution in [1.29, 1.82) is 0 Å². The molecule has 0 fully saturated rings. The lowest BCUT2D eigenvalue weighted by Crippen LogP contribution is -2.48. The summed E-state index contributed by atoms with van der Waals surface area (Å²) >= 11 is 0. The van der Waals surface area contributed by atoms with Crippen LogP contribution in [0.15, 0.2) is 51.5 Å². The van der Waals surface area contributed by atoms with Crippen molar-refractivity contribution < 1.29 is 32.5 Å². The van der Waals surface area contributed by atoms with Gasteiger partial charge in [-0.2, -0.15) is 9.97 Å². The molecule has 0 aliphatic heterocycles. The van der Waals surface area contributed by atoms with Gasteiger partial charge in [0, 0.05) is 17.0 Å². The zero-order valence-corrected chi connectivity index (χ0v) is 24.3. The highest BCUT2D eigenvalue weighted by molar-refractivity contribution is 5.97. The largest absolute Gasteiger partial charge is 0.481 e. The highest BCUT2D eigenvalue weighted by Gasteiger charge is 2.23. The van der Waals surface area contributed by atoms with Gasteiger partial charge in [0.05, 0.1) is 12.2 Å². The molecule has 0 spiro atoms. The van der Waals surface area contributed by atoms with E-state index in [-0.39, 0.29) is 47.8 Å². The van der Waals surface area contributed by atoms with Crippen molar-refractivity contribution in [2.75, 3.05) is 6.61 Å². The van der Waals surface area contributed by atoms with E-state index in [1.54, 1.807) is 12.1 Å². The minimum absolute atomic E-state index is 0. The van der Waals surface area contributed by atoms with Crippen LogP contribution in [0.5, 0.6) is 5.75 Å². The Morgan fingerprint density at radius 2 is 1.60 bits per heavy atom. The van der Waals surface area contributed by atoms with Gasteiger partial charge in [-0.3, -0.25) is 4.79 Å². The van der Waals surface area contributed by atoms with Gasteiger partial charge in [0.25, 0.3) is 11.8 Å². The number of nitrogens with zero attached hydrogens (tertiary/aromatic N) is 4. The molecule has 0 aliphatic rings. The zero-order chi connectivity index (χ0) is 29.5. The lowest BCUT2D eigenvalue weighted by molar-refractivity contribution is -0.145. The first-order chi connectivity index (χ1) is 19.7. The van der Waals surface area contributed by atoms with Crippen molar-refractivity contribution in [3.8, 4) is 28.5 Å². The number of hydrogen-bond donors (Lipinski definition) is 2. The molecule has 2 aromatic carbocycles. The minimum Gasteiger partial charge on any atom is -0.481 e. The average molecular weight is 603 g/mol. The first-order valence-electron chi connectivity index (χ1n) is 13.2. The number of nitrogens with two attached hydrogens (primary N) is 1. The molecule has 0 saturated heterocycles. The number of carbonyl (C=O) groups excluding carboxylic acids is 2. The Morgan fingerprint density at radius 1 is 0.976 bits per heavy atom. The van der Waals surface area contributed by atoms with Crippen LogP contribution in [0.1, 0.15) is 74.7 Å². The Kier molecular flexibility index (Phi) is 11.1. The van der Waals surface area contributed by atoms with E-state index in [4.69, 9.17) is 24.3 Å². The maximum absolute atomic E-state index is 14.8. The summed E-state index contributed by atoms with van der Waals surface area (Å²) in [6.45, 7) is 7.82. The molecule has 42 heavy (non-hydrogen) atoms. The summed E-state index contributed by atoms with van der Waals surface area (Å²) in [6, 6.07) is 11.0. The molecule has 224 valence electrons. The topological polar surface area (TPSA) is 168 Å². The van der Waals surface area contributed by atoms with Gasteiger partial charge in [0.1, 0.15) is 11.6 Å². The predicted molar refractivity (Wildman–Crippen MR) is 151 cm³/mol. The summed E-state index contributed by atoms with van der Waals surface area (Å²) in [5.74, 6) is -0.486. The molecular formula is C28H32ClFN6O6. The fraction of sp³-hybridized carbons (Fsp3) is 0.357. The number of rotatable bonds is 12. The quantitative estimate of drug-likeness (QED) is 0.166. The number of aromatic nitrogens is 4. The number of amides is 1. The van der Waals surface area contributed by atoms with Gasteiger partial charge in [-0.25, -0.2) is 9.18 Å². The molecule has 2 atom stereocenters. The average Bonchev–Trinajstić information content (AvgIpc) is 3.66. The fourth-order valence-electron chi connectivity index (χ4n) is 3.63. The molecule has 1 unspecified atom stereocenters. The number of carbonyl (C=O) groups is 2. The Hall–Kier alpha value is -4.36. The lowest BCUT2D eigenvalue weighted by atomic mass is 10.1. The van der Waals surface area contributed by atoms with Crippen molar-refractivity contribution >= 4 is 24.3 Å². The molecule has 14 heteroatoms. The number of nitrogens with one attached hydrogen (secondary N) is 1. The Balaban J connectivity index is 0.00000484. The standard InChI is InChI=1S/C28H31FN6O6.ClH/c1-5-13-38-28(37)22(30)31-25(36)19-12-9-17(14-20(19)29)24-33-27(41-35-24)21(6-2)39-18-10-7-16(8-11-18)23-32-26(15(3)4)40-34-23;/h7-12,14-15,21-22H,5-6,13,30H2,1-4H3,(H,31,36);1H/t21?,22-;/m1./s1. The molecule has 1 amide bonds. The summed E-state index contributed by atoms with van der Waals surface area (Å²) in [4.78, 5) is 33.0. The van der Waals surface area contributed by atoms with Crippen LogP contribution >= 0.6 is 12.4 Å². The number of ether oxygens (including phenoxy) is 2. The van der Waals surface area contributed by atoms with Crippen molar-refractivity contribution in [3.05, 3.63) is 65.6 Å². The monoisotopic (exact) mass is 602 g/mol. The van der Waals surface area contributed by atoms with E-state index >= 15 is 0 Å².